The number of fused-ring (bicyclic) bond motifs is 4. The molecule has 0 aromatic heterocycles. The molecule has 7 aromatic rings. The summed E-state index contributed by atoms with van der Waals surface area (Å²) in [7, 11) is 0. The summed E-state index contributed by atoms with van der Waals surface area (Å²) in [6.45, 7) is 11.5. The summed E-state index contributed by atoms with van der Waals surface area (Å²) < 4.78 is 0. The molecule has 0 unspecified atom stereocenters. The zero-order valence-electron chi connectivity index (χ0n) is 33.6. The van der Waals surface area contributed by atoms with Crippen LogP contribution in [-0.2, 0) is 11.8 Å². The predicted molar refractivity (Wildman–Crippen MR) is 251 cm³/mol. The van der Waals surface area contributed by atoms with Crippen molar-refractivity contribution in [1.82, 2.24) is 0 Å². The highest BCUT2D eigenvalue weighted by Crippen LogP contribution is 2.55. The third-order valence-electron chi connectivity index (χ3n) is 12.1. The zero-order valence-corrected chi connectivity index (χ0v) is 33.6. The quantitative estimate of drug-likeness (QED) is 0.112. The van der Waals surface area contributed by atoms with Gasteiger partial charge < -0.3 is 4.90 Å². The largest absolute Gasteiger partial charge is 0.337 e. The van der Waals surface area contributed by atoms with E-state index in [-0.39, 0.29) is 0 Å². The van der Waals surface area contributed by atoms with Gasteiger partial charge in [-0.3, -0.25) is 0 Å². The van der Waals surface area contributed by atoms with Gasteiger partial charge in [-0.2, -0.15) is 0 Å². The number of benzene rings is 7. The Labute approximate surface area is 349 Å². The van der Waals surface area contributed by atoms with Gasteiger partial charge in [-0.15, -0.1) is 0 Å². The Bertz CT molecular complexity index is 2760. The lowest BCUT2D eigenvalue weighted by molar-refractivity contribution is 0.762. The smallest absolute Gasteiger partial charge is 0.0713 e. The maximum absolute atomic E-state index is 4.49. The van der Waals surface area contributed by atoms with E-state index in [1.54, 1.807) is 0 Å². The molecular formula is C58H47N. The van der Waals surface area contributed by atoms with Crippen molar-refractivity contribution in [3.63, 3.8) is 0 Å². The van der Waals surface area contributed by atoms with Gasteiger partial charge >= 0.3 is 0 Å². The van der Waals surface area contributed by atoms with Gasteiger partial charge in [-0.25, -0.2) is 0 Å². The highest BCUT2D eigenvalue weighted by molar-refractivity contribution is 5.94. The zero-order chi connectivity index (χ0) is 40.2. The molecule has 0 heterocycles. The predicted octanol–water partition coefficient (Wildman–Crippen LogP) is 14.4. The molecule has 0 saturated heterocycles. The monoisotopic (exact) mass is 757 g/mol. The summed E-state index contributed by atoms with van der Waals surface area (Å²) in [4.78, 5) is 2.47. The van der Waals surface area contributed by atoms with Crippen molar-refractivity contribution in [2.24, 2.45) is 0 Å². The fourth-order valence-corrected chi connectivity index (χ4v) is 9.61. The van der Waals surface area contributed by atoms with Crippen molar-refractivity contribution < 1.29 is 0 Å². The Hall–Kier alpha value is -7.22. The van der Waals surface area contributed by atoms with Gasteiger partial charge in [-0.1, -0.05) is 219 Å². The summed E-state index contributed by atoms with van der Waals surface area (Å²) in [6, 6.07) is 65.9. The summed E-state index contributed by atoms with van der Waals surface area (Å²) in [5.74, 6) is 0. The molecule has 1 nitrogen and oxygen atoms in total. The molecule has 0 spiro atoms. The molecule has 0 atom stereocenters. The fraction of sp³-hybridized carbons (Fsp3) is 0.0690. The second-order valence-electron chi connectivity index (χ2n) is 15.1. The third kappa shape index (κ3) is 6.46. The number of allylic oxidation sites excluding steroid dienone is 8. The van der Waals surface area contributed by atoms with E-state index < -0.39 is 5.41 Å². The molecule has 1 heteroatoms. The number of anilines is 1. The topological polar surface area (TPSA) is 3.24 Å². The van der Waals surface area contributed by atoms with Crippen LogP contribution < -0.4 is 4.90 Å². The van der Waals surface area contributed by atoms with Crippen molar-refractivity contribution in [2.45, 2.75) is 18.8 Å². The molecule has 0 saturated carbocycles. The molecule has 0 amide bonds. The fourth-order valence-electron chi connectivity index (χ4n) is 9.61. The molecule has 59 heavy (non-hydrogen) atoms. The summed E-state index contributed by atoms with van der Waals surface area (Å²) in [5.41, 5.74) is 19.2. The molecule has 0 aliphatic heterocycles. The Balaban J connectivity index is 1.22. The van der Waals surface area contributed by atoms with Gasteiger partial charge in [-0.05, 0) is 92.3 Å². The van der Waals surface area contributed by atoms with E-state index in [0.29, 0.717) is 6.54 Å². The van der Waals surface area contributed by atoms with Crippen LogP contribution in [-0.4, -0.2) is 6.54 Å². The van der Waals surface area contributed by atoms with E-state index in [2.05, 4.69) is 237 Å². The molecule has 0 radical (unpaired) electrons. The van der Waals surface area contributed by atoms with Gasteiger partial charge in [0, 0.05) is 29.1 Å². The van der Waals surface area contributed by atoms with Gasteiger partial charge in [0.1, 0.15) is 0 Å². The van der Waals surface area contributed by atoms with Crippen LogP contribution in [0, 0.1) is 0 Å². The standard InChI is InChI=1S/C58H47N/c1-4-24-56(46(5-2)42-25-10-7-11-26-42)59(57-39-21-19-34-52(57)49-36-22-35-48-47-32-17-16-27-43(47)41-53(48)49)40-23-37-50-51-33-18-20-38-55(51)58(54(50)6-3,44-28-12-8-13-29-44)45-30-14-9-15-31-45/h4-39H,1,3,40-41H2,2H3/b37-23-,46-5-,56-24+. The molecule has 284 valence electrons. The van der Waals surface area contributed by atoms with Crippen LogP contribution in [0.25, 0.3) is 33.4 Å². The van der Waals surface area contributed by atoms with Crippen molar-refractivity contribution in [3.05, 3.63) is 282 Å². The van der Waals surface area contributed by atoms with Crippen LogP contribution in [0.5, 0.6) is 0 Å². The number of rotatable bonds is 12. The summed E-state index contributed by atoms with van der Waals surface area (Å²) in [6.07, 6.45) is 14.0. The first-order valence-corrected chi connectivity index (χ1v) is 20.6. The first-order valence-electron chi connectivity index (χ1n) is 20.6. The molecule has 2 aliphatic carbocycles. The van der Waals surface area contributed by atoms with Gasteiger partial charge in [0.2, 0.25) is 0 Å². The summed E-state index contributed by atoms with van der Waals surface area (Å²) in [5, 5.41) is 0. The van der Waals surface area contributed by atoms with Crippen LogP contribution in [0.15, 0.2) is 243 Å². The second-order valence-corrected chi connectivity index (χ2v) is 15.1. The van der Waals surface area contributed by atoms with E-state index in [0.717, 1.165) is 28.9 Å². The van der Waals surface area contributed by atoms with Crippen molar-refractivity contribution in [2.75, 3.05) is 11.4 Å². The van der Waals surface area contributed by atoms with Crippen LogP contribution in [0.3, 0.4) is 0 Å². The highest BCUT2D eigenvalue weighted by atomic mass is 15.1. The van der Waals surface area contributed by atoms with Crippen LogP contribution in [0.2, 0.25) is 0 Å². The van der Waals surface area contributed by atoms with Crippen molar-refractivity contribution in [3.8, 4) is 22.3 Å². The number of nitrogens with zero attached hydrogens (tertiary/aromatic N) is 1. The Morgan fingerprint density at radius 3 is 1.81 bits per heavy atom. The molecule has 2 aliphatic rings. The first-order chi connectivity index (χ1) is 29.2. The molecular weight excluding hydrogens is 711 g/mol. The van der Waals surface area contributed by atoms with E-state index in [1.807, 2.05) is 6.08 Å². The normalized spacial score (nSPS) is 14.2. The van der Waals surface area contributed by atoms with E-state index in [9.17, 15) is 0 Å². The lowest BCUT2D eigenvalue weighted by atomic mass is 9.67. The second kappa shape index (κ2) is 16.3. The van der Waals surface area contributed by atoms with E-state index >= 15 is 0 Å². The van der Waals surface area contributed by atoms with Gasteiger partial charge in [0.15, 0.2) is 0 Å². The summed E-state index contributed by atoms with van der Waals surface area (Å²) >= 11 is 0. The Morgan fingerprint density at radius 1 is 0.593 bits per heavy atom. The Morgan fingerprint density at radius 2 is 1.15 bits per heavy atom. The minimum atomic E-state index is -0.516. The minimum absolute atomic E-state index is 0.516. The third-order valence-corrected chi connectivity index (χ3v) is 12.1. The van der Waals surface area contributed by atoms with Crippen molar-refractivity contribution in [1.29, 1.82) is 0 Å². The Kier molecular flexibility index (Phi) is 10.3. The molecule has 9 rings (SSSR count). The maximum Gasteiger partial charge on any atom is 0.0713 e. The molecule has 7 aromatic carbocycles. The lowest BCUT2D eigenvalue weighted by Gasteiger charge is -2.34. The van der Waals surface area contributed by atoms with E-state index in [1.165, 1.54) is 66.8 Å². The van der Waals surface area contributed by atoms with Crippen LogP contribution in [0.1, 0.15) is 45.9 Å². The number of para-hydroxylation sites is 1. The van der Waals surface area contributed by atoms with E-state index in [4.69, 9.17) is 0 Å². The lowest BCUT2D eigenvalue weighted by Crippen LogP contribution is -2.29. The minimum Gasteiger partial charge on any atom is -0.337 e. The molecule has 0 fully saturated rings. The van der Waals surface area contributed by atoms with Gasteiger partial charge in [0.25, 0.3) is 0 Å². The highest BCUT2D eigenvalue weighted by Gasteiger charge is 2.46. The average molecular weight is 758 g/mol. The van der Waals surface area contributed by atoms with Crippen LogP contribution in [0.4, 0.5) is 5.69 Å². The van der Waals surface area contributed by atoms with Gasteiger partial charge in [0.05, 0.1) is 5.41 Å². The van der Waals surface area contributed by atoms with Crippen LogP contribution >= 0.6 is 0 Å². The SMILES string of the molecule is C=C/C=C(\C(=C/C)c1ccccc1)N(C/C=C\C1=C(C=C)C(c2ccccc2)(c2ccccc2)c2ccccc21)c1ccccc1-c1cccc2c1Cc1ccccc1-2. The number of hydrogen-bond acceptors (Lipinski definition) is 1. The molecule has 0 bridgehead atoms. The average Bonchev–Trinajstić information content (AvgIpc) is 3.83. The number of hydrogen-bond donors (Lipinski definition) is 0. The maximum atomic E-state index is 4.49. The molecule has 0 N–H and O–H groups in total. The van der Waals surface area contributed by atoms with Crippen molar-refractivity contribution >= 4 is 16.8 Å². The first kappa shape index (κ1) is 37.4.